The zero-order valence-electron chi connectivity index (χ0n) is 13.8. The van der Waals surface area contributed by atoms with Gasteiger partial charge in [0.25, 0.3) is 5.91 Å². The third-order valence-electron chi connectivity index (χ3n) is 4.29. The van der Waals surface area contributed by atoms with Crippen molar-refractivity contribution in [3.8, 4) is 11.3 Å². The second-order valence-corrected chi connectivity index (χ2v) is 6.37. The van der Waals surface area contributed by atoms with Crippen molar-refractivity contribution in [2.45, 2.75) is 19.8 Å². The van der Waals surface area contributed by atoms with E-state index < -0.39 is 5.82 Å². The summed E-state index contributed by atoms with van der Waals surface area (Å²) in [5.74, 6) is 0.0506. The predicted octanol–water partition coefficient (Wildman–Crippen LogP) is 3.59. The van der Waals surface area contributed by atoms with Gasteiger partial charge in [0, 0.05) is 6.54 Å². The second-order valence-electron chi connectivity index (χ2n) is 5.96. The molecule has 1 amide bonds. The van der Waals surface area contributed by atoms with Crippen LogP contribution in [0, 0.1) is 18.7 Å². The molecule has 1 fully saturated rings. The number of hydrogen-bond donors (Lipinski definition) is 2. The van der Waals surface area contributed by atoms with Crippen LogP contribution < -0.4 is 10.6 Å². The lowest BCUT2D eigenvalue weighted by atomic mass is 10.0. The normalized spacial score (nSPS) is 16.5. The smallest absolute Gasteiger partial charge is 0.257 e. The molecule has 1 aliphatic rings. The van der Waals surface area contributed by atoms with E-state index >= 15 is 0 Å². The molecule has 3 rings (SSSR count). The van der Waals surface area contributed by atoms with E-state index in [1.165, 1.54) is 12.1 Å². The highest BCUT2D eigenvalue weighted by molar-refractivity contribution is 6.33. The molecule has 1 atom stereocenters. The van der Waals surface area contributed by atoms with Gasteiger partial charge >= 0.3 is 0 Å². The molecule has 0 aliphatic carbocycles. The van der Waals surface area contributed by atoms with Crippen molar-refractivity contribution in [1.29, 1.82) is 0 Å². The van der Waals surface area contributed by atoms with Crippen molar-refractivity contribution in [3.63, 3.8) is 0 Å². The molecule has 0 saturated carbocycles. The lowest BCUT2D eigenvalue weighted by Crippen LogP contribution is -2.27. The van der Waals surface area contributed by atoms with Gasteiger partial charge in [0.15, 0.2) is 0 Å². The van der Waals surface area contributed by atoms with Crippen LogP contribution in [0.3, 0.4) is 0 Å². The molecular weight excluding hydrogens is 368 g/mol. The van der Waals surface area contributed by atoms with Crippen LogP contribution in [0.1, 0.15) is 29.0 Å². The third-order valence-corrected chi connectivity index (χ3v) is 4.60. The predicted molar refractivity (Wildman–Crippen MR) is 96.8 cm³/mol. The first-order chi connectivity index (χ1) is 11.6. The highest BCUT2D eigenvalue weighted by atomic mass is 35.5. The summed E-state index contributed by atoms with van der Waals surface area (Å²) in [6, 6.07) is 4.34. The minimum atomic E-state index is -0.540. The molecule has 1 aliphatic heterocycles. The number of carbonyl (C=O) groups is 1. The van der Waals surface area contributed by atoms with Crippen LogP contribution in [0.5, 0.6) is 0 Å². The summed E-state index contributed by atoms with van der Waals surface area (Å²) in [7, 11) is 0. The van der Waals surface area contributed by atoms with Crippen LogP contribution >= 0.6 is 24.0 Å². The summed E-state index contributed by atoms with van der Waals surface area (Å²) in [4.78, 5) is 12.5. The summed E-state index contributed by atoms with van der Waals surface area (Å²) < 4.78 is 19.3. The van der Waals surface area contributed by atoms with Crippen molar-refractivity contribution in [1.82, 2.24) is 15.8 Å². The average molecular weight is 388 g/mol. The van der Waals surface area contributed by atoms with Crippen molar-refractivity contribution in [2.75, 3.05) is 19.6 Å². The van der Waals surface area contributed by atoms with E-state index in [0.29, 0.717) is 18.2 Å². The van der Waals surface area contributed by atoms with Gasteiger partial charge in [-0.15, -0.1) is 12.4 Å². The first-order valence-corrected chi connectivity index (χ1v) is 8.35. The summed E-state index contributed by atoms with van der Waals surface area (Å²) in [6.45, 7) is 4.19. The molecule has 1 unspecified atom stereocenters. The first kappa shape index (κ1) is 19.7. The maximum atomic E-state index is 14.1. The molecule has 1 aromatic carbocycles. The zero-order valence-corrected chi connectivity index (χ0v) is 15.3. The van der Waals surface area contributed by atoms with Gasteiger partial charge in [0.1, 0.15) is 22.8 Å². The quantitative estimate of drug-likeness (QED) is 0.822. The molecular formula is C17H20Cl2FN3O2. The molecule has 2 N–H and O–H groups in total. The Morgan fingerprint density at radius 2 is 2.32 bits per heavy atom. The fourth-order valence-corrected chi connectivity index (χ4v) is 3.23. The van der Waals surface area contributed by atoms with E-state index in [0.717, 1.165) is 25.9 Å². The van der Waals surface area contributed by atoms with E-state index in [2.05, 4.69) is 15.8 Å². The SMILES string of the molecule is Cc1onc(-c2c(F)cccc2Cl)c1C(=O)NCCC1CCNC1.Cl. The van der Waals surface area contributed by atoms with Gasteiger partial charge in [-0.25, -0.2) is 4.39 Å². The van der Waals surface area contributed by atoms with Crippen LogP contribution in [-0.4, -0.2) is 30.7 Å². The Labute approximate surface area is 156 Å². The van der Waals surface area contributed by atoms with E-state index in [1.807, 2.05) is 0 Å². The molecule has 0 spiro atoms. The summed E-state index contributed by atoms with van der Waals surface area (Å²) in [6.07, 6.45) is 2.02. The number of benzene rings is 1. The van der Waals surface area contributed by atoms with Gasteiger partial charge < -0.3 is 15.2 Å². The molecule has 2 aromatic rings. The number of rotatable bonds is 5. The molecule has 1 saturated heterocycles. The topological polar surface area (TPSA) is 67.2 Å². The number of hydrogen-bond acceptors (Lipinski definition) is 4. The number of carbonyl (C=O) groups excluding carboxylic acids is 1. The second kappa shape index (κ2) is 8.65. The monoisotopic (exact) mass is 387 g/mol. The fraction of sp³-hybridized carbons (Fsp3) is 0.412. The summed E-state index contributed by atoms with van der Waals surface area (Å²) >= 11 is 6.08. The third kappa shape index (κ3) is 4.32. The highest BCUT2D eigenvalue weighted by Crippen LogP contribution is 2.33. The molecule has 136 valence electrons. The summed E-state index contributed by atoms with van der Waals surface area (Å²) in [5.41, 5.74) is 0.448. The summed E-state index contributed by atoms with van der Waals surface area (Å²) in [5, 5.41) is 10.2. The number of amides is 1. The van der Waals surface area contributed by atoms with Crippen molar-refractivity contribution >= 4 is 29.9 Å². The minimum Gasteiger partial charge on any atom is -0.360 e. The van der Waals surface area contributed by atoms with Crippen molar-refractivity contribution in [3.05, 3.63) is 40.4 Å². The van der Waals surface area contributed by atoms with E-state index in [4.69, 9.17) is 16.1 Å². The Morgan fingerprint density at radius 3 is 3.00 bits per heavy atom. The van der Waals surface area contributed by atoms with Crippen LogP contribution in [0.2, 0.25) is 5.02 Å². The number of nitrogens with zero attached hydrogens (tertiary/aromatic N) is 1. The van der Waals surface area contributed by atoms with Crippen LogP contribution in [-0.2, 0) is 0 Å². The number of halogens is 3. The van der Waals surface area contributed by atoms with Gasteiger partial charge in [0.05, 0.1) is 10.6 Å². The average Bonchev–Trinajstić information content (AvgIpc) is 3.17. The maximum absolute atomic E-state index is 14.1. The van der Waals surface area contributed by atoms with Gasteiger partial charge in [-0.3, -0.25) is 4.79 Å². The maximum Gasteiger partial charge on any atom is 0.257 e. The number of aryl methyl sites for hydroxylation is 1. The van der Waals surface area contributed by atoms with Crippen LogP contribution in [0.4, 0.5) is 4.39 Å². The molecule has 8 heteroatoms. The molecule has 2 heterocycles. The standard InChI is InChI=1S/C17H19ClFN3O2.ClH/c1-10-14(17(23)21-8-6-11-5-7-20-9-11)16(22-24-10)15-12(18)3-2-4-13(15)19;/h2-4,11,20H,5-9H2,1H3,(H,21,23);1H. The van der Waals surface area contributed by atoms with Crippen LogP contribution in [0.25, 0.3) is 11.3 Å². The number of nitrogens with one attached hydrogen (secondary N) is 2. The zero-order chi connectivity index (χ0) is 17.1. The van der Waals surface area contributed by atoms with Crippen molar-refractivity contribution in [2.24, 2.45) is 5.92 Å². The van der Waals surface area contributed by atoms with Gasteiger partial charge in [-0.1, -0.05) is 22.8 Å². The van der Waals surface area contributed by atoms with Gasteiger partial charge in [-0.2, -0.15) is 0 Å². The highest BCUT2D eigenvalue weighted by Gasteiger charge is 2.25. The lowest BCUT2D eigenvalue weighted by Gasteiger charge is -2.10. The Kier molecular flexibility index (Phi) is 6.81. The largest absolute Gasteiger partial charge is 0.360 e. The van der Waals surface area contributed by atoms with Gasteiger partial charge in [0.2, 0.25) is 0 Å². The van der Waals surface area contributed by atoms with E-state index in [-0.39, 0.29) is 40.2 Å². The fourth-order valence-electron chi connectivity index (χ4n) is 2.97. The molecule has 1 aromatic heterocycles. The van der Waals surface area contributed by atoms with Gasteiger partial charge in [-0.05, 0) is 50.9 Å². The van der Waals surface area contributed by atoms with Crippen molar-refractivity contribution < 1.29 is 13.7 Å². The van der Waals surface area contributed by atoms with Crippen LogP contribution in [0.15, 0.2) is 22.7 Å². The Bertz CT molecular complexity index is 725. The lowest BCUT2D eigenvalue weighted by molar-refractivity contribution is 0.0950. The Hall–Kier alpha value is -1.63. The molecule has 0 radical (unpaired) electrons. The Balaban J connectivity index is 0.00000225. The first-order valence-electron chi connectivity index (χ1n) is 7.97. The van der Waals surface area contributed by atoms with E-state index in [1.54, 1.807) is 13.0 Å². The number of aromatic nitrogens is 1. The molecule has 5 nitrogen and oxygen atoms in total. The van der Waals surface area contributed by atoms with E-state index in [9.17, 15) is 9.18 Å². The molecule has 25 heavy (non-hydrogen) atoms. The minimum absolute atomic E-state index is 0. The Morgan fingerprint density at radius 1 is 1.52 bits per heavy atom. The molecule has 0 bridgehead atoms.